The molecule has 0 saturated carbocycles. The molecule has 1 atom stereocenters. The van der Waals surface area contributed by atoms with Crippen LogP contribution in [0.2, 0.25) is 0 Å². The smallest absolute Gasteiger partial charge is 0.242 e. The molecule has 2 rings (SSSR count). The number of halogens is 1. The van der Waals surface area contributed by atoms with Gasteiger partial charge in [-0.05, 0) is 38.1 Å². The van der Waals surface area contributed by atoms with E-state index in [1.54, 1.807) is 6.07 Å². The molecule has 5 nitrogen and oxygen atoms in total. The predicted molar refractivity (Wildman–Crippen MR) is 71.9 cm³/mol. The molecule has 0 aromatic heterocycles. The van der Waals surface area contributed by atoms with E-state index < -0.39 is 21.4 Å². The lowest BCUT2D eigenvalue weighted by atomic mass is 10.1. The lowest BCUT2D eigenvalue weighted by Gasteiger charge is -2.13. The largest absolute Gasteiger partial charge is 0.306 e. The van der Waals surface area contributed by atoms with Gasteiger partial charge in [-0.1, -0.05) is 6.07 Å². The molecule has 1 heterocycles. The third-order valence-corrected chi connectivity index (χ3v) is 4.89. The SMILES string of the molecule is CN1CCC(CNS(=O)(=O)c2cccc(F)c2C#N)C1. The van der Waals surface area contributed by atoms with E-state index in [2.05, 4.69) is 9.62 Å². The number of sulfonamides is 1. The normalized spacial score (nSPS) is 19.9. The quantitative estimate of drug-likeness (QED) is 0.897. The molecule has 108 valence electrons. The van der Waals surface area contributed by atoms with Gasteiger partial charge in [0, 0.05) is 13.1 Å². The molecule has 1 aromatic rings. The highest BCUT2D eigenvalue weighted by molar-refractivity contribution is 7.89. The van der Waals surface area contributed by atoms with Crippen molar-refractivity contribution in [3.8, 4) is 6.07 Å². The summed E-state index contributed by atoms with van der Waals surface area (Å²) in [6.07, 6.45) is 0.924. The zero-order chi connectivity index (χ0) is 14.8. The number of nitriles is 1. The third-order valence-electron chi connectivity index (χ3n) is 3.43. The standard InChI is InChI=1S/C13H16FN3O2S/c1-17-6-5-10(9-17)8-16-20(18,19)13-4-2-3-12(14)11(13)7-15/h2-4,10,16H,5-6,8-9H2,1H3. The van der Waals surface area contributed by atoms with Crippen LogP contribution in [0.1, 0.15) is 12.0 Å². The first-order chi connectivity index (χ1) is 9.44. The summed E-state index contributed by atoms with van der Waals surface area (Å²) in [4.78, 5) is 1.83. The van der Waals surface area contributed by atoms with Gasteiger partial charge in [0.25, 0.3) is 0 Å². The minimum atomic E-state index is -3.86. The van der Waals surface area contributed by atoms with E-state index in [1.165, 1.54) is 12.1 Å². The van der Waals surface area contributed by atoms with Gasteiger partial charge in [0.1, 0.15) is 22.3 Å². The molecule has 1 aliphatic rings. The molecule has 1 unspecified atom stereocenters. The Morgan fingerprint density at radius 2 is 2.30 bits per heavy atom. The monoisotopic (exact) mass is 297 g/mol. The van der Waals surface area contributed by atoms with E-state index in [1.807, 2.05) is 7.05 Å². The maximum atomic E-state index is 13.5. The van der Waals surface area contributed by atoms with Gasteiger partial charge in [-0.15, -0.1) is 0 Å². The highest BCUT2D eigenvalue weighted by Crippen LogP contribution is 2.19. The van der Waals surface area contributed by atoms with Crippen LogP contribution in [0.3, 0.4) is 0 Å². The Morgan fingerprint density at radius 3 is 2.90 bits per heavy atom. The van der Waals surface area contributed by atoms with Gasteiger partial charge in [0.15, 0.2) is 0 Å². The summed E-state index contributed by atoms with van der Waals surface area (Å²) in [5, 5.41) is 8.89. The second kappa shape index (κ2) is 5.87. The van der Waals surface area contributed by atoms with Crippen molar-refractivity contribution in [2.75, 3.05) is 26.7 Å². The van der Waals surface area contributed by atoms with Crippen molar-refractivity contribution >= 4 is 10.0 Å². The van der Waals surface area contributed by atoms with Gasteiger partial charge in [0.2, 0.25) is 10.0 Å². The first kappa shape index (κ1) is 14.9. The summed E-state index contributed by atoms with van der Waals surface area (Å²) >= 11 is 0. The van der Waals surface area contributed by atoms with Crippen molar-refractivity contribution in [1.82, 2.24) is 9.62 Å². The van der Waals surface area contributed by atoms with Crippen molar-refractivity contribution in [3.05, 3.63) is 29.6 Å². The molecule has 7 heteroatoms. The average molecular weight is 297 g/mol. The van der Waals surface area contributed by atoms with Crippen molar-refractivity contribution in [2.45, 2.75) is 11.3 Å². The highest BCUT2D eigenvalue weighted by atomic mass is 32.2. The summed E-state index contributed by atoms with van der Waals surface area (Å²) < 4.78 is 40.2. The molecule has 0 radical (unpaired) electrons. The zero-order valence-electron chi connectivity index (χ0n) is 11.1. The maximum absolute atomic E-state index is 13.5. The van der Waals surface area contributed by atoms with Crippen LogP contribution >= 0.6 is 0 Å². The number of hydrogen-bond acceptors (Lipinski definition) is 4. The molecule has 1 fully saturated rings. The van der Waals surface area contributed by atoms with Crippen LogP contribution in [0.25, 0.3) is 0 Å². The number of nitrogens with one attached hydrogen (secondary N) is 1. The fraction of sp³-hybridized carbons (Fsp3) is 0.462. The van der Waals surface area contributed by atoms with Crippen molar-refractivity contribution < 1.29 is 12.8 Å². The van der Waals surface area contributed by atoms with E-state index in [9.17, 15) is 12.8 Å². The Bertz CT molecular complexity index is 640. The Morgan fingerprint density at radius 1 is 1.55 bits per heavy atom. The molecule has 1 aromatic carbocycles. The van der Waals surface area contributed by atoms with Crippen molar-refractivity contribution in [1.29, 1.82) is 5.26 Å². The Hall–Kier alpha value is -1.49. The van der Waals surface area contributed by atoms with Gasteiger partial charge in [-0.25, -0.2) is 17.5 Å². The second-order valence-electron chi connectivity index (χ2n) is 4.99. The van der Waals surface area contributed by atoms with Gasteiger partial charge < -0.3 is 4.90 Å². The van der Waals surface area contributed by atoms with Gasteiger partial charge in [0.05, 0.1) is 0 Å². The maximum Gasteiger partial charge on any atom is 0.242 e. The average Bonchev–Trinajstić information content (AvgIpc) is 2.82. The minimum absolute atomic E-state index is 0.244. The molecule has 1 saturated heterocycles. The molecule has 20 heavy (non-hydrogen) atoms. The van der Waals surface area contributed by atoms with E-state index in [4.69, 9.17) is 5.26 Å². The van der Waals surface area contributed by atoms with Gasteiger partial charge >= 0.3 is 0 Å². The van der Waals surface area contributed by atoms with Crippen LogP contribution < -0.4 is 4.72 Å². The number of benzene rings is 1. The fourth-order valence-corrected chi connectivity index (χ4v) is 3.62. The van der Waals surface area contributed by atoms with E-state index >= 15 is 0 Å². The Balaban J connectivity index is 2.15. The number of likely N-dealkylation sites (tertiary alicyclic amines) is 1. The molecular weight excluding hydrogens is 281 g/mol. The lowest BCUT2D eigenvalue weighted by Crippen LogP contribution is -2.31. The van der Waals surface area contributed by atoms with Crippen LogP contribution in [0.5, 0.6) is 0 Å². The highest BCUT2D eigenvalue weighted by Gasteiger charge is 2.24. The van der Waals surface area contributed by atoms with Crippen LogP contribution in [0.15, 0.2) is 23.1 Å². The number of hydrogen-bond donors (Lipinski definition) is 1. The summed E-state index contributed by atoms with van der Waals surface area (Å²) in [6.45, 7) is 2.07. The third kappa shape index (κ3) is 3.15. The topological polar surface area (TPSA) is 73.2 Å². The van der Waals surface area contributed by atoms with Crippen molar-refractivity contribution in [3.63, 3.8) is 0 Å². The summed E-state index contributed by atoms with van der Waals surface area (Å²) in [5.74, 6) is -0.579. The lowest BCUT2D eigenvalue weighted by molar-refractivity contribution is 0.394. The van der Waals surface area contributed by atoms with Gasteiger partial charge in [-0.2, -0.15) is 5.26 Å². The Labute approximate surface area is 118 Å². The molecule has 0 aliphatic carbocycles. The molecule has 0 bridgehead atoms. The predicted octanol–water partition coefficient (Wildman–Crippen LogP) is 0.927. The minimum Gasteiger partial charge on any atom is -0.306 e. The molecule has 0 spiro atoms. The summed E-state index contributed by atoms with van der Waals surface area (Å²) in [7, 11) is -1.88. The first-order valence-corrected chi connectivity index (χ1v) is 7.79. The summed E-state index contributed by atoms with van der Waals surface area (Å²) in [6, 6.07) is 5.20. The first-order valence-electron chi connectivity index (χ1n) is 6.31. The van der Waals surface area contributed by atoms with E-state index in [-0.39, 0.29) is 10.8 Å². The zero-order valence-corrected chi connectivity index (χ0v) is 12.0. The fourth-order valence-electron chi connectivity index (χ4n) is 2.34. The molecule has 1 N–H and O–H groups in total. The second-order valence-corrected chi connectivity index (χ2v) is 6.73. The number of nitrogens with zero attached hydrogens (tertiary/aromatic N) is 2. The number of rotatable bonds is 4. The van der Waals surface area contributed by atoms with Crippen LogP contribution in [0, 0.1) is 23.1 Å². The van der Waals surface area contributed by atoms with E-state index in [0.29, 0.717) is 6.54 Å². The molecular formula is C13H16FN3O2S. The Kier molecular flexibility index (Phi) is 4.38. The van der Waals surface area contributed by atoms with Gasteiger partial charge in [-0.3, -0.25) is 0 Å². The van der Waals surface area contributed by atoms with E-state index in [0.717, 1.165) is 25.6 Å². The summed E-state index contributed by atoms with van der Waals surface area (Å²) in [5.41, 5.74) is -0.441. The molecule has 0 amide bonds. The molecule has 1 aliphatic heterocycles. The van der Waals surface area contributed by atoms with Crippen LogP contribution in [-0.2, 0) is 10.0 Å². The van der Waals surface area contributed by atoms with Crippen LogP contribution in [-0.4, -0.2) is 40.0 Å². The van der Waals surface area contributed by atoms with Crippen molar-refractivity contribution in [2.24, 2.45) is 5.92 Å². The van der Waals surface area contributed by atoms with Crippen LogP contribution in [0.4, 0.5) is 4.39 Å².